The maximum Gasteiger partial charge on any atom is 0.416 e. The molecule has 0 aromatic heterocycles. The molecule has 0 radical (unpaired) electrons. The highest BCUT2D eigenvalue weighted by Gasteiger charge is 2.30. The monoisotopic (exact) mass is 342 g/mol. The van der Waals surface area contributed by atoms with E-state index in [1.165, 1.54) is 12.1 Å². The molecule has 0 bridgehead atoms. The van der Waals surface area contributed by atoms with E-state index in [4.69, 9.17) is 0 Å². The molecule has 1 aromatic rings. The zero-order valence-corrected chi connectivity index (χ0v) is 13.0. The lowest BCUT2D eigenvalue weighted by Gasteiger charge is -2.17. The van der Waals surface area contributed by atoms with Crippen LogP contribution in [0.2, 0.25) is 0 Å². The molecule has 2 rings (SSSR count). The number of hydrogen-bond donors (Lipinski definition) is 1. The van der Waals surface area contributed by atoms with Crippen LogP contribution in [0.1, 0.15) is 43.4 Å². The standard InChI is InChI=1S/C16H17F3N2O3/c1-10(11-2-4-12(5-3-11)16(17,18)19)20-13(22)8-9-21-14(23)6-7-15(21)24/h2-5,10H,6-9H2,1H3,(H,20,22). The third kappa shape index (κ3) is 4.33. The van der Waals surface area contributed by atoms with Crippen molar-refractivity contribution >= 4 is 17.7 Å². The summed E-state index contributed by atoms with van der Waals surface area (Å²) < 4.78 is 37.5. The normalized spacial score (nSPS) is 16.4. The first-order chi connectivity index (χ1) is 11.2. The lowest BCUT2D eigenvalue weighted by Crippen LogP contribution is -2.34. The van der Waals surface area contributed by atoms with Crippen molar-refractivity contribution in [3.63, 3.8) is 0 Å². The van der Waals surface area contributed by atoms with Gasteiger partial charge in [0.15, 0.2) is 0 Å². The predicted octanol–water partition coefficient (Wildman–Crippen LogP) is 2.42. The van der Waals surface area contributed by atoms with Gasteiger partial charge in [-0.3, -0.25) is 19.3 Å². The molecule has 1 aromatic carbocycles. The second-order valence-electron chi connectivity index (χ2n) is 5.60. The van der Waals surface area contributed by atoms with Gasteiger partial charge in [-0.05, 0) is 24.6 Å². The minimum absolute atomic E-state index is 0.0171. The summed E-state index contributed by atoms with van der Waals surface area (Å²) >= 11 is 0. The van der Waals surface area contributed by atoms with E-state index in [1.807, 2.05) is 0 Å². The van der Waals surface area contributed by atoms with Gasteiger partial charge >= 0.3 is 6.18 Å². The van der Waals surface area contributed by atoms with Crippen LogP contribution in [-0.4, -0.2) is 29.2 Å². The molecule has 1 unspecified atom stereocenters. The molecular formula is C16H17F3N2O3. The molecule has 3 amide bonds. The quantitative estimate of drug-likeness (QED) is 0.836. The smallest absolute Gasteiger partial charge is 0.350 e. The lowest BCUT2D eigenvalue weighted by atomic mass is 10.1. The van der Waals surface area contributed by atoms with Gasteiger partial charge in [-0.1, -0.05) is 12.1 Å². The fraction of sp³-hybridized carbons (Fsp3) is 0.438. The molecule has 130 valence electrons. The highest BCUT2D eigenvalue weighted by Crippen LogP contribution is 2.29. The molecule has 1 heterocycles. The molecule has 1 saturated heterocycles. The second kappa shape index (κ2) is 7.02. The van der Waals surface area contributed by atoms with Gasteiger partial charge in [0.1, 0.15) is 0 Å². The Bertz CT molecular complexity index is 625. The summed E-state index contributed by atoms with van der Waals surface area (Å²) in [7, 11) is 0. The molecule has 1 N–H and O–H groups in total. The van der Waals surface area contributed by atoms with Crippen LogP contribution in [0.3, 0.4) is 0 Å². The van der Waals surface area contributed by atoms with E-state index in [2.05, 4.69) is 5.32 Å². The molecule has 24 heavy (non-hydrogen) atoms. The van der Waals surface area contributed by atoms with E-state index in [9.17, 15) is 27.6 Å². The summed E-state index contributed by atoms with van der Waals surface area (Å²) in [6.07, 6.45) is -4.10. The van der Waals surface area contributed by atoms with Gasteiger partial charge in [-0.2, -0.15) is 13.2 Å². The number of halogens is 3. The van der Waals surface area contributed by atoms with Gasteiger partial charge in [-0.25, -0.2) is 0 Å². The Kier molecular flexibility index (Phi) is 5.26. The predicted molar refractivity (Wildman–Crippen MR) is 78.6 cm³/mol. The molecule has 0 aliphatic carbocycles. The van der Waals surface area contributed by atoms with Gasteiger partial charge in [0, 0.05) is 25.8 Å². The lowest BCUT2D eigenvalue weighted by molar-refractivity contribution is -0.139. The van der Waals surface area contributed by atoms with E-state index in [0.29, 0.717) is 5.56 Å². The van der Waals surface area contributed by atoms with E-state index in [1.54, 1.807) is 6.92 Å². The second-order valence-corrected chi connectivity index (χ2v) is 5.60. The Hall–Kier alpha value is -2.38. The maximum atomic E-state index is 12.5. The van der Waals surface area contributed by atoms with Crippen molar-refractivity contribution in [2.75, 3.05) is 6.54 Å². The number of imide groups is 1. The van der Waals surface area contributed by atoms with Gasteiger partial charge in [0.25, 0.3) is 0 Å². The van der Waals surface area contributed by atoms with Crippen molar-refractivity contribution < 1.29 is 27.6 Å². The first-order valence-corrected chi connectivity index (χ1v) is 7.48. The molecule has 8 heteroatoms. The van der Waals surface area contributed by atoms with Crippen molar-refractivity contribution in [1.29, 1.82) is 0 Å². The number of nitrogens with one attached hydrogen (secondary N) is 1. The molecule has 1 aliphatic heterocycles. The molecule has 5 nitrogen and oxygen atoms in total. The van der Waals surface area contributed by atoms with Crippen molar-refractivity contribution in [2.45, 2.75) is 38.4 Å². The van der Waals surface area contributed by atoms with Crippen molar-refractivity contribution in [3.05, 3.63) is 35.4 Å². The number of hydrogen-bond acceptors (Lipinski definition) is 3. The summed E-state index contributed by atoms with van der Waals surface area (Å²) in [5, 5.41) is 2.64. The Labute approximate surface area is 136 Å². The van der Waals surface area contributed by atoms with Crippen LogP contribution in [0, 0.1) is 0 Å². The van der Waals surface area contributed by atoms with Crippen LogP contribution in [0.4, 0.5) is 13.2 Å². The Morgan fingerprint density at radius 1 is 1.17 bits per heavy atom. The zero-order chi connectivity index (χ0) is 17.9. The fourth-order valence-corrected chi connectivity index (χ4v) is 2.44. The third-order valence-electron chi connectivity index (χ3n) is 3.83. The number of alkyl halides is 3. The number of carbonyl (C=O) groups is 3. The zero-order valence-electron chi connectivity index (χ0n) is 13.0. The fourth-order valence-electron chi connectivity index (χ4n) is 2.44. The number of amides is 3. The highest BCUT2D eigenvalue weighted by atomic mass is 19.4. The average molecular weight is 342 g/mol. The SMILES string of the molecule is CC(NC(=O)CCN1C(=O)CCC1=O)c1ccc(C(F)(F)F)cc1. The largest absolute Gasteiger partial charge is 0.416 e. The highest BCUT2D eigenvalue weighted by molar-refractivity contribution is 6.02. The van der Waals surface area contributed by atoms with Gasteiger partial charge in [-0.15, -0.1) is 0 Å². The van der Waals surface area contributed by atoms with Crippen LogP contribution >= 0.6 is 0 Å². The summed E-state index contributed by atoms with van der Waals surface area (Å²) in [5.41, 5.74) is -0.222. The van der Waals surface area contributed by atoms with E-state index in [0.717, 1.165) is 17.0 Å². The van der Waals surface area contributed by atoms with Gasteiger partial charge < -0.3 is 5.32 Å². The van der Waals surface area contributed by atoms with Crippen LogP contribution in [0.15, 0.2) is 24.3 Å². The maximum absolute atomic E-state index is 12.5. The van der Waals surface area contributed by atoms with Crippen LogP contribution in [-0.2, 0) is 20.6 Å². The van der Waals surface area contributed by atoms with E-state index in [-0.39, 0.29) is 43.5 Å². The molecule has 1 fully saturated rings. The first-order valence-electron chi connectivity index (χ1n) is 7.48. The van der Waals surface area contributed by atoms with Crippen LogP contribution in [0.25, 0.3) is 0 Å². The number of benzene rings is 1. The van der Waals surface area contributed by atoms with Crippen molar-refractivity contribution in [2.24, 2.45) is 0 Å². The summed E-state index contributed by atoms with van der Waals surface area (Å²) in [5.74, 6) is -0.956. The first kappa shape index (κ1) is 18.0. The molecule has 1 atom stereocenters. The average Bonchev–Trinajstić information content (AvgIpc) is 2.83. The number of carbonyl (C=O) groups excluding carboxylic acids is 3. The molecular weight excluding hydrogens is 325 g/mol. The minimum Gasteiger partial charge on any atom is -0.350 e. The van der Waals surface area contributed by atoms with Crippen molar-refractivity contribution in [1.82, 2.24) is 10.2 Å². The van der Waals surface area contributed by atoms with Crippen LogP contribution in [0.5, 0.6) is 0 Å². The number of rotatable bonds is 5. The van der Waals surface area contributed by atoms with Gasteiger partial charge in [0.05, 0.1) is 11.6 Å². The molecule has 0 spiro atoms. The third-order valence-corrected chi connectivity index (χ3v) is 3.83. The molecule has 1 aliphatic rings. The summed E-state index contributed by atoms with van der Waals surface area (Å²) in [4.78, 5) is 35.8. The number of nitrogens with zero attached hydrogens (tertiary/aromatic N) is 1. The number of likely N-dealkylation sites (tertiary alicyclic amines) is 1. The van der Waals surface area contributed by atoms with Crippen LogP contribution < -0.4 is 5.32 Å². The Morgan fingerprint density at radius 2 is 1.71 bits per heavy atom. The Morgan fingerprint density at radius 3 is 2.21 bits per heavy atom. The molecule has 0 saturated carbocycles. The van der Waals surface area contributed by atoms with E-state index >= 15 is 0 Å². The topological polar surface area (TPSA) is 66.5 Å². The summed E-state index contributed by atoms with van der Waals surface area (Å²) in [6.45, 7) is 1.66. The van der Waals surface area contributed by atoms with E-state index < -0.39 is 17.8 Å². The van der Waals surface area contributed by atoms with Gasteiger partial charge in [0.2, 0.25) is 17.7 Å². The minimum atomic E-state index is -4.40. The Balaban J connectivity index is 1.87. The van der Waals surface area contributed by atoms with Crippen molar-refractivity contribution in [3.8, 4) is 0 Å². The summed E-state index contributed by atoms with van der Waals surface area (Å²) in [6, 6.07) is 4.05.